The van der Waals surface area contributed by atoms with E-state index in [0.717, 1.165) is 24.1 Å². The first kappa shape index (κ1) is 13.5. The average Bonchev–Trinajstić information content (AvgIpc) is 2.29. The number of benzene rings is 1. The molecule has 0 heterocycles. The number of nitrogens with two attached hydrogens (primary N) is 1. The largest absolute Gasteiger partial charge is 0.399 e. The van der Waals surface area contributed by atoms with Gasteiger partial charge in [-0.05, 0) is 44.4 Å². The highest BCUT2D eigenvalue weighted by atomic mass is 16.1. The van der Waals surface area contributed by atoms with Crippen molar-refractivity contribution in [3.05, 3.63) is 42.5 Å². The van der Waals surface area contributed by atoms with Crippen LogP contribution in [-0.2, 0) is 10.2 Å². The molecule has 0 radical (unpaired) electrons. The summed E-state index contributed by atoms with van der Waals surface area (Å²) in [4.78, 5) is 12.2. The molecule has 1 aromatic rings. The van der Waals surface area contributed by atoms with Crippen LogP contribution in [0.4, 0.5) is 5.69 Å². The number of unbranched alkanes of at least 4 members (excludes halogenated alkanes) is 1. The van der Waals surface area contributed by atoms with E-state index < -0.39 is 5.41 Å². The van der Waals surface area contributed by atoms with Crippen molar-refractivity contribution in [2.75, 3.05) is 5.73 Å². The molecule has 0 bridgehead atoms. The maximum absolute atomic E-state index is 12.2. The van der Waals surface area contributed by atoms with Crippen molar-refractivity contribution >= 4 is 11.5 Å². The molecule has 0 amide bonds. The molecule has 0 saturated carbocycles. The third-order valence-electron chi connectivity index (χ3n) is 3.14. The first-order chi connectivity index (χ1) is 7.98. The van der Waals surface area contributed by atoms with Gasteiger partial charge in [-0.1, -0.05) is 18.2 Å². The molecular weight excluding hydrogens is 210 g/mol. The van der Waals surface area contributed by atoms with Gasteiger partial charge in [0, 0.05) is 17.5 Å². The Morgan fingerprint density at radius 3 is 2.47 bits per heavy atom. The van der Waals surface area contributed by atoms with Crippen LogP contribution >= 0.6 is 0 Å². The molecule has 0 aliphatic rings. The van der Waals surface area contributed by atoms with Crippen LogP contribution in [0.15, 0.2) is 36.9 Å². The maximum Gasteiger partial charge on any atom is 0.142 e. The van der Waals surface area contributed by atoms with Crippen LogP contribution in [-0.4, -0.2) is 5.78 Å². The normalized spacial score (nSPS) is 11.2. The van der Waals surface area contributed by atoms with Crippen LogP contribution in [0, 0.1) is 0 Å². The highest BCUT2D eigenvalue weighted by Gasteiger charge is 2.28. The molecule has 0 aliphatic carbocycles. The number of Topliss-reactive ketones (excluding diaryl/α,β-unsaturated/α-hetero) is 1. The molecule has 0 fully saturated rings. The van der Waals surface area contributed by atoms with Crippen molar-refractivity contribution in [2.45, 2.75) is 38.5 Å². The second-order valence-electron chi connectivity index (χ2n) is 4.85. The molecule has 2 N–H and O–H groups in total. The highest BCUT2D eigenvalue weighted by Crippen LogP contribution is 2.27. The number of allylic oxidation sites excluding steroid dienone is 1. The fraction of sp³-hybridized carbons (Fsp3) is 0.400. The molecular formula is C15H21NO. The maximum atomic E-state index is 12.2. The van der Waals surface area contributed by atoms with E-state index in [0.29, 0.717) is 6.42 Å². The summed E-state index contributed by atoms with van der Waals surface area (Å²) in [5.41, 5.74) is 6.96. The standard InChI is InChI=1S/C15H21NO/c1-4-5-6-7-14(17)15(2,3)12-8-10-13(16)11-9-12/h4,8-11H,1,5-7,16H2,2-3H3. The number of carbonyl (C=O) groups is 1. The third-order valence-corrected chi connectivity index (χ3v) is 3.14. The van der Waals surface area contributed by atoms with Crippen molar-refractivity contribution in [2.24, 2.45) is 0 Å². The van der Waals surface area contributed by atoms with E-state index in [1.54, 1.807) is 0 Å². The number of anilines is 1. The summed E-state index contributed by atoms with van der Waals surface area (Å²) in [5, 5.41) is 0. The number of hydrogen-bond donors (Lipinski definition) is 1. The van der Waals surface area contributed by atoms with E-state index in [1.165, 1.54) is 0 Å². The van der Waals surface area contributed by atoms with E-state index >= 15 is 0 Å². The lowest BCUT2D eigenvalue weighted by Gasteiger charge is -2.23. The van der Waals surface area contributed by atoms with Crippen LogP contribution in [0.5, 0.6) is 0 Å². The van der Waals surface area contributed by atoms with E-state index in [1.807, 2.05) is 44.2 Å². The van der Waals surface area contributed by atoms with Crippen molar-refractivity contribution in [1.82, 2.24) is 0 Å². The Kier molecular flexibility index (Phi) is 4.50. The monoisotopic (exact) mass is 231 g/mol. The van der Waals surface area contributed by atoms with Gasteiger partial charge >= 0.3 is 0 Å². The van der Waals surface area contributed by atoms with E-state index in [-0.39, 0.29) is 5.78 Å². The van der Waals surface area contributed by atoms with E-state index in [4.69, 9.17) is 5.73 Å². The van der Waals surface area contributed by atoms with Crippen LogP contribution < -0.4 is 5.73 Å². The Hall–Kier alpha value is -1.57. The molecule has 0 aliphatic heterocycles. The van der Waals surface area contributed by atoms with Gasteiger partial charge in [-0.25, -0.2) is 0 Å². The zero-order chi connectivity index (χ0) is 12.9. The molecule has 0 spiro atoms. The van der Waals surface area contributed by atoms with Gasteiger partial charge in [0.15, 0.2) is 0 Å². The summed E-state index contributed by atoms with van der Waals surface area (Å²) in [6, 6.07) is 7.55. The number of rotatable bonds is 6. The predicted molar refractivity (Wildman–Crippen MR) is 72.9 cm³/mol. The SMILES string of the molecule is C=CCCCC(=O)C(C)(C)c1ccc(N)cc1. The zero-order valence-electron chi connectivity index (χ0n) is 10.7. The Bertz CT molecular complexity index is 390. The summed E-state index contributed by atoms with van der Waals surface area (Å²) >= 11 is 0. The first-order valence-electron chi connectivity index (χ1n) is 5.98. The molecule has 0 unspecified atom stereocenters. The summed E-state index contributed by atoms with van der Waals surface area (Å²) in [5.74, 6) is 0.268. The zero-order valence-corrected chi connectivity index (χ0v) is 10.7. The second-order valence-corrected chi connectivity index (χ2v) is 4.85. The van der Waals surface area contributed by atoms with Gasteiger partial charge in [0.05, 0.1) is 0 Å². The molecule has 92 valence electrons. The topological polar surface area (TPSA) is 43.1 Å². The number of ketones is 1. The molecule has 1 rings (SSSR count). The van der Waals surface area contributed by atoms with Gasteiger partial charge in [0.2, 0.25) is 0 Å². The van der Waals surface area contributed by atoms with E-state index in [2.05, 4.69) is 6.58 Å². The fourth-order valence-electron chi connectivity index (χ4n) is 1.78. The number of hydrogen-bond acceptors (Lipinski definition) is 2. The van der Waals surface area contributed by atoms with Crippen molar-refractivity contribution in [3.8, 4) is 0 Å². The minimum Gasteiger partial charge on any atom is -0.399 e. The van der Waals surface area contributed by atoms with Crippen LogP contribution in [0.2, 0.25) is 0 Å². The molecule has 2 heteroatoms. The molecule has 2 nitrogen and oxygen atoms in total. The van der Waals surface area contributed by atoms with Crippen LogP contribution in [0.3, 0.4) is 0 Å². The van der Waals surface area contributed by atoms with Gasteiger partial charge < -0.3 is 5.73 Å². The average molecular weight is 231 g/mol. The Labute approximate surface area is 104 Å². The van der Waals surface area contributed by atoms with Gasteiger partial charge in [-0.3, -0.25) is 4.79 Å². The quantitative estimate of drug-likeness (QED) is 0.463. The van der Waals surface area contributed by atoms with Crippen LogP contribution in [0.1, 0.15) is 38.7 Å². The van der Waals surface area contributed by atoms with Crippen molar-refractivity contribution in [1.29, 1.82) is 0 Å². The van der Waals surface area contributed by atoms with Crippen molar-refractivity contribution < 1.29 is 4.79 Å². The lowest BCUT2D eigenvalue weighted by atomic mass is 9.79. The highest BCUT2D eigenvalue weighted by molar-refractivity contribution is 5.89. The first-order valence-corrected chi connectivity index (χ1v) is 5.98. The summed E-state index contributed by atoms with van der Waals surface area (Å²) < 4.78 is 0. The molecule has 0 saturated heterocycles. The van der Waals surface area contributed by atoms with E-state index in [9.17, 15) is 4.79 Å². The van der Waals surface area contributed by atoms with Gasteiger partial charge in [-0.2, -0.15) is 0 Å². The number of nitrogen functional groups attached to an aromatic ring is 1. The molecule has 1 aromatic carbocycles. The second kappa shape index (κ2) is 5.67. The summed E-state index contributed by atoms with van der Waals surface area (Å²) in [7, 11) is 0. The van der Waals surface area contributed by atoms with Gasteiger partial charge in [0.1, 0.15) is 5.78 Å². The smallest absolute Gasteiger partial charge is 0.142 e. The third kappa shape index (κ3) is 3.45. The Morgan fingerprint density at radius 1 is 1.35 bits per heavy atom. The molecule has 0 atom stereocenters. The predicted octanol–water partition coefficient (Wildman–Crippen LogP) is 3.47. The van der Waals surface area contributed by atoms with Gasteiger partial charge in [0.25, 0.3) is 0 Å². The minimum atomic E-state index is -0.436. The summed E-state index contributed by atoms with van der Waals surface area (Å²) in [6.45, 7) is 7.60. The fourth-order valence-corrected chi connectivity index (χ4v) is 1.78. The van der Waals surface area contributed by atoms with Crippen molar-refractivity contribution in [3.63, 3.8) is 0 Å². The lowest BCUT2D eigenvalue weighted by Crippen LogP contribution is -2.28. The molecule has 17 heavy (non-hydrogen) atoms. The number of carbonyl (C=O) groups excluding carboxylic acids is 1. The minimum absolute atomic E-state index is 0.268. The Balaban J connectivity index is 2.75. The van der Waals surface area contributed by atoms with Crippen LogP contribution in [0.25, 0.3) is 0 Å². The van der Waals surface area contributed by atoms with Gasteiger partial charge in [-0.15, -0.1) is 6.58 Å². The lowest BCUT2D eigenvalue weighted by molar-refractivity contribution is -0.123. The molecule has 0 aromatic heterocycles. The Morgan fingerprint density at radius 2 is 1.94 bits per heavy atom. The summed E-state index contributed by atoms with van der Waals surface area (Å²) in [6.07, 6.45) is 4.22.